The zero-order valence-corrected chi connectivity index (χ0v) is 10.9. The van der Waals surface area contributed by atoms with Crippen molar-refractivity contribution in [3.05, 3.63) is 22.3 Å². The summed E-state index contributed by atoms with van der Waals surface area (Å²) in [5.41, 5.74) is 10.6. The quantitative estimate of drug-likeness (QED) is 0.853. The average molecular weight is 251 g/mol. The monoisotopic (exact) mass is 251 g/mol. The van der Waals surface area contributed by atoms with Crippen molar-refractivity contribution in [2.75, 3.05) is 11.1 Å². The number of aromatic nitrogens is 3. The Kier molecular flexibility index (Phi) is 3.63. The van der Waals surface area contributed by atoms with Crippen LogP contribution in [0, 0.1) is 0 Å². The van der Waals surface area contributed by atoms with Crippen molar-refractivity contribution in [1.29, 1.82) is 0 Å². The fourth-order valence-electron chi connectivity index (χ4n) is 1.73. The van der Waals surface area contributed by atoms with Crippen molar-refractivity contribution in [3.8, 4) is 0 Å². The van der Waals surface area contributed by atoms with E-state index < -0.39 is 0 Å². The number of hydrogen-bond donors (Lipinski definition) is 2. The molecule has 92 valence electrons. The van der Waals surface area contributed by atoms with Gasteiger partial charge < -0.3 is 11.1 Å². The SMILES string of the molecule is CCCc1nn(C)c(NCc2cscn2)c1N. The maximum absolute atomic E-state index is 6.07. The van der Waals surface area contributed by atoms with Crippen LogP contribution in [0.3, 0.4) is 0 Å². The Morgan fingerprint density at radius 2 is 2.35 bits per heavy atom. The molecule has 6 heteroatoms. The first-order valence-electron chi connectivity index (χ1n) is 5.64. The largest absolute Gasteiger partial charge is 0.394 e. The Hall–Kier alpha value is -1.56. The van der Waals surface area contributed by atoms with Gasteiger partial charge in [0.1, 0.15) is 5.82 Å². The molecule has 0 amide bonds. The maximum atomic E-state index is 6.07. The summed E-state index contributed by atoms with van der Waals surface area (Å²) in [4.78, 5) is 4.22. The Bertz CT molecular complexity index is 474. The van der Waals surface area contributed by atoms with Gasteiger partial charge in [-0.05, 0) is 6.42 Å². The van der Waals surface area contributed by atoms with E-state index >= 15 is 0 Å². The second-order valence-corrected chi connectivity index (χ2v) is 4.63. The molecule has 0 aromatic carbocycles. The number of thiazole rings is 1. The predicted molar refractivity (Wildman–Crippen MR) is 71.1 cm³/mol. The van der Waals surface area contributed by atoms with E-state index in [1.54, 1.807) is 16.0 Å². The molecule has 0 bridgehead atoms. The number of aryl methyl sites for hydroxylation is 2. The van der Waals surface area contributed by atoms with Crippen LogP contribution >= 0.6 is 11.3 Å². The summed E-state index contributed by atoms with van der Waals surface area (Å²) < 4.78 is 1.80. The van der Waals surface area contributed by atoms with E-state index in [0.29, 0.717) is 6.54 Å². The number of nitrogens with zero attached hydrogens (tertiary/aromatic N) is 3. The fraction of sp³-hybridized carbons (Fsp3) is 0.455. The summed E-state index contributed by atoms with van der Waals surface area (Å²) in [5.74, 6) is 0.876. The summed E-state index contributed by atoms with van der Waals surface area (Å²) in [7, 11) is 1.90. The van der Waals surface area contributed by atoms with Crippen LogP contribution in [0.1, 0.15) is 24.7 Å². The van der Waals surface area contributed by atoms with Crippen molar-refractivity contribution < 1.29 is 0 Å². The van der Waals surface area contributed by atoms with Crippen LogP contribution < -0.4 is 11.1 Å². The topological polar surface area (TPSA) is 68.8 Å². The van der Waals surface area contributed by atoms with Gasteiger partial charge in [-0.3, -0.25) is 4.68 Å². The molecule has 0 unspecified atom stereocenters. The molecule has 0 aliphatic heterocycles. The summed E-state index contributed by atoms with van der Waals surface area (Å²) in [6, 6.07) is 0. The lowest BCUT2D eigenvalue weighted by Gasteiger charge is -2.05. The number of nitrogens with two attached hydrogens (primary N) is 1. The second-order valence-electron chi connectivity index (χ2n) is 3.92. The molecule has 0 aliphatic rings. The van der Waals surface area contributed by atoms with Crippen LogP contribution in [0.5, 0.6) is 0 Å². The van der Waals surface area contributed by atoms with Crippen LogP contribution in [-0.2, 0) is 20.0 Å². The summed E-state index contributed by atoms with van der Waals surface area (Å²) in [6.07, 6.45) is 1.96. The molecule has 2 aromatic heterocycles. The van der Waals surface area contributed by atoms with E-state index in [0.717, 1.165) is 35.7 Å². The van der Waals surface area contributed by atoms with Gasteiger partial charge >= 0.3 is 0 Å². The third-order valence-electron chi connectivity index (χ3n) is 2.57. The zero-order valence-electron chi connectivity index (χ0n) is 10.1. The normalized spacial score (nSPS) is 10.7. The van der Waals surface area contributed by atoms with Gasteiger partial charge in [-0.2, -0.15) is 5.10 Å². The minimum absolute atomic E-state index is 0.679. The third-order valence-corrected chi connectivity index (χ3v) is 3.20. The fourth-order valence-corrected chi connectivity index (χ4v) is 2.28. The molecule has 0 saturated heterocycles. The van der Waals surface area contributed by atoms with E-state index in [-0.39, 0.29) is 0 Å². The second kappa shape index (κ2) is 5.18. The molecule has 0 atom stereocenters. The molecule has 0 spiro atoms. The van der Waals surface area contributed by atoms with Crippen molar-refractivity contribution in [3.63, 3.8) is 0 Å². The number of nitrogens with one attached hydrogen (secondary N) is 1. The Labute approximate surface area is 105 Å². The molecule has 17 heavy (non-hydrogen) atoms. The first-order valence-corrected chi connectivity index (χ1v) is 6.59. The van der Waals surface area contributed by atoms with Crippen molar-refractivity contribution in [2.45, 2.75) is 26.3 Å². The Morgan fingerprint density at radius 1 is 1.53 bits per heavy atom. The van der Waals surface area contributed by atoms with Gasteiger partial charge in [0, 0.05) is 12.4 Å². The molecule has 0 saturated carbocycles. The number of rotatable bonds is 5. The van der Waals surface area contributed by atoms with Crippen LogP contribution in [0.4, 0.5) is 11.5 Å². The summed E-state index contributed by atoms with van der Waals surface area (Å²) in [5, 5.41) is 9.71. The summed E-state index contributed by atoms with van der Waals surface area (Å²) >= 11 is 1.59. The Balaban J connectivity index is 2.10. The maximum Gasteiger partial charge on any atom is 0.148 e. The molecule has 0 aliphatic carbocycles. The van der Waals surface area contributed by atoms with Crippen LogP contribution in [0.2, 0.25) is 0 Å². The molecule has 5 nitrogen and oxygen atoms in total. The number of nitrogen functional groups attached to an aromatic ring is 1. The predicted octanol–water partition coefficient (Wildman–Crippen LogP) is 2.02. The highest BCUT2D eigenvalue weighted by Crippen LogP contribution is 2.23. The highest BCUT2D eigenvalue weighted by atomic mass is 32.1. The van der Waals surface area contributed by atoms with Gasteiger partial charge in [0.25, 0.3) is 0 Å². The van der Waals surface area contributed by atoms with Crippen LogP contribution in [0.25, 0.3) is 0 Å². The lowest BCUT2D eigenvalue weighted by atomic mass is 10.2. The lowest BCUT2D eigenvalue weighted by molar-refractivity contribution is 0.734. The van der Waals surface area contributed by atoms with Crippen molar-refractivity contribution in [1.82, 2.24) is 14.8 Å². The van der Waals surface area contributed by atoms with E-state index in [9.17, 15) is 0 Å². The highest BCUT2D eigenvalue weighted by molar-refractivity contribution is 7.07. The average Bonchev–Trinajstić information content (AvgIpc) is 2.88. The zero-order chi connectivity index (χ0) is 12.3. The van der Waals surface area contributed by atoms with Crippen molar-refractivity contribution in [2.24, 2.45) is 7.05 Å². The first kappa shape index (κ1) is 11.9. The standard InChI is InChI=1S/C11H17N5S/c1-3-4-9-10(12)11(16(2)15-9)13-5-8-6-17-7-14-8/h6-7,13H,3-5,12H2,1-2H3. The van der Waals surface area contributed by atoms with E-state index in [2.05, 4.69) is 22.3 Å². The van der Waals surface area contributed by atoms with E-state index in [1.165, 1.54) is 0 Å². The minimum Gasteiger partial charge on any atom is -0.394 e. The van der Waals surface area contributed by atoms with Crippen LogP contribution in [-0.4, -0.2) is 14.8 Å². The van der Waals surface area contributed by atoms with Crippen molar-refractivity contribution >= 4 is 22.8 Å². The van der Waals surface area contributed by atoms with E-state index in [4.69, 9.17) is 5.73 Å². The molecule has 0 fully saturated rings. The smallest absolute Gasteiger partial charge is 0.148 e. The van der Waals surface area contributed by atoms with Gasteiger partial charge in [-0.1, -0.05) is 13.3 Å². The molecule has 2 rings (SSSR count). The third kappa shape index (κ3) is 2.58. The Morgan fingerprint density at radius 3 is 3.00 bits per heavy atom. The van der Waals surface area contributed by atoms with Gasteiger partial charge in [-0.15, -0.1) is 11.3 Å². The molecule has 2 aromatic rings. The van der Waals surface area contributed by atoms with Gasteiger partial charge in [-0.25, -0.2) is 4.98 Å². The molecular weight excluding hydrogens is 234 g/mol. The van der Waals surface area contributed by atoms with E-state index in [1.807, 2.05) is 17.9 Å². The molecular formula is C11H17N5S. The minimum atomic E-state index is 0.679. The first-order chi connectivity index (χ1) is 8.22. The van der Waals surface area contributed by atoms with Gasteiger partial charge in [0.05, 0.1) is 29.1 Å². The lowest BCUT2D eigenvalue weighted by Crippen LogP contribution is -2.06. The van der Waals surface area contributed by atoms with Gasteiger partial charge in [0.2, 0.25) is 0 Å². The highest BCUT2D eigenvalue weighted by Gasteiger charge is 2.12. The molecule has 0 radical (unpaired) electrons. The molecule has 3 N–H and O–H groups in total. The number of anilines is 2. The molecule has 2 heterocycles. The van der Waals surface area contributed by atoms with Gasteiger partial charge in [0.15, 0.2) is 0 Å². The summed E-state index contributed by atoms with van der Waals surface area (Å²) in [6.45, 7) is 2.80. The van der Waals surface area contributed by atoms with Crippen LogP contribution in [0.15, 0.2) is 10.9 Å². The number of hydrogen-bond acceptors (Lipinski definition) is 5.